The summed E-state index contributed by atoms with van der Waals surface area (Å²) in [6, 6.07) is 0. The van der Waals surface area contributed by atoms with E-state index in [2.05, 4.69) is 19.5 Å². The number of aliphatic hydroxyl groups excluding tert-OH is 2. The van der Waals surface area contributed by atoms with Gasteiger partial charge in [0, 0.05) is 0 Å². The summed E-state index contributed by atoms with van der Waals surface area (Å²) in [6.07, 6.45) is -5.80. The third kappa shape index (κ3) is 3.13. The number of nitrogens with two attached hydrogens (primary N) is 2. The lowest BCUT2D eigenvalue weighted by Crippen LogP contribution is -2.46. The lowest BCUT2D eigenvalue weighted by Gasteiger charge is -2.27. The molecule has 0 amide bonds. The molecule has 14 nitrogen and oxygen atoms in total. The summed E-state index contributed by atoms with van der Waals surface area (Å²) in [5.74, 6) is -0.216. The Labute approximate surface area is 144 Å². The van der Waals surface area contributed by atoms with Gasteiger partial charge in [-0.25, -0.2) is 15.1 Å². The van der Waals surface area contributed by atoms with Crippen molar-refractivity contribution >= 4 is 24.9 Å². The first-order chi connectivity index (χ1) is 11.9. The lowest BCUT2D eigenvalue weighted by molar-refractivity contribution is -0.157. The number of aromatic nitrogens is 4. The van der Waals surface area contributed by atoms with Gasteiger partial charge >= 0.3 is 7.75 Å². The summed E-state index contributed by atoms with van der Waals surface area (Å²) in [4.78, 5) is 30.9. The Morgan fingerprint density at radius 3 is 2.85 bits per heavy atom. The lowest BCUT2D eigenvalue weighted by atomic mass is 9.96. The van der Waals surface area contributed by atoms with Gasteiger partial charge in [-0.2, -0.15) is 4.98 Å². The monoisotopic (exact) mass is 392 g/mol. The van der Waals surface area contributed by atoms with Gasteiger partial charge in [-0.05, 0) is 6.92 Å². The molecule has 2 aromatic rings. The van der Waals surface area contributed by atoms with Crippen molar-refractivity contribution < 1.29 is 34.0 Å². The van der Waals surface area contributed by atoms with E-state index in [-0.39, 0.29) is 17.1 Å². The zero-order chi connectivity index (χ0) is 19.4. The minimum absolute atomic E-state index is 0.0496. The van der Waals surface area contributed by atoms with E-state index in [1.807, 2.05) is 0 Å². The first-order valence-corrected chi connectivity index (χ1v) is 8.82. The van der Waals surface area contributed by atoms with Crippen LogP contribution in [-0.4, -0.2) is 63.8 Å². The van der Waals surface area contributed by atoms with Crippen molar-refractivity contribution in [2.45, 2.75) is 37.3 Å². The molecule has 3 rings (SSSR count). The van der Waals surface area contributed by atoms with E-state index in [0.29, 0.717) is 0 Å². The highest BCUT2D eigenvalue weighted by Gasteiger charge is 2.56. The molecule has 3 heterocycles. The molecule has 2 aromatic heterocycles. The first kappa shape index (κ1) is 18.9. The van der Waals surface area contributed by atoms with Crippen LogP contribution in [0.5, 0.6) is 0 Å². The fraction of sp³-hybridized carbons (Fsp3) is 0.545. The molecular formula is C11H17N6O8P. The van der Waals surface area contributed by atoms with Gasteiger partial charge in [0.15, 0.2) is 23.7 Å². The third-order valence-corrected chi connectivity index (χ3v) is 4.46. The van der Waals surface area contributed by atoms with Crippen LogP contribution in [0.15, 0.2) is 11.1 Å². The molecule has 2 unspecified atom stereocenters. The van der Waals surface area contributed by atoms with E-state index >= 15 is 0 Å². The van der Waals surface area contributed by atoms with Crippen LogP contribution in [0.25, 0.3) is 11.2 Å². The number of ether oxygens (including phenoxy) is 1. The SMILES string of the molecule is C[C@@]1(O)[C@H](O)[C@@H](C(O)OP(N)(=O)O)O[C@H]1n1cnc2c(=O)[nH]c(N)nc21. The summed E-state index contributed by atoms with van der Waals surface area (Å²) in [6.45, 7) is 1.18. The van der Waals surface area contributed by atoms with Crippen LogP contribution in [-0.2, 0) is 13.8 Å². The molecule has 144 valence electrons. The van der Waals surface area contributed by atoms with Crippen LogP contribution < -0.4 is 16.8 Å². The number of hydrogen-bond donors (Lipinski definition) is 7. The molecule has 1 aliphatic heterocycles. The average molecular weight is 392 g/mol. The van der Waals surface area contributed by atoms with Crippen molar-refractivity contribution in [2.75, 3.05) is 5.73 Å². The molecule has 0 aliphatic carbocycles. The highest BCUT2D eigenvalue weighted by Crippen LogP contribution is 2.43. The number of rotatable bonds is 4. The molecule has 6 atom stereocenters. The molecule has 1 aliphatic rings. The second-order valence-corrected chi connectivity index (χ2v) is 7.30. The number of nitrogen functional groups attached to an aromatic ring is 1. The van der Waals surface area contributed by atoms with Crippen molar-refractivity contribution in [3.05, 3.63) is 16.7 Å². The van der Waals surface area contributed by atoms with Crippen LogP contribution in [0.1, 0.15) is 13.2 Å². The fourth-order valence-corrected chi connectivity index (χ4v) is 3.17. The van der Waals surface area contributed by atoms with Crippen LogP contribution in [0.4, 0.5) is 5.95 Å². The van der Waals surface area contributed by atoms with Gasteiger partial charge in [0.05, 0.1) is 6.33 Å². The van der Waals surface area contributed by atoms with E-state index in [0.717, 1.165) is 10.9 Å². The highest BCUT2D eigenvalue weighted by atomic mass is 31.2. The minimum Gasteiger partial charge on any atom is -0.387 e. The van der Waals surface area contributed by atoms with E-state index in [4.69, 9.17) is 20.9 Å². The van der Waals surface area contributed by atoms with Crippen molar-refractivity contribution in [1.82, 2.24) is 19.5 Å². The average Bonchev–Trinajstić information content (AvgIpc) is 2.98. The first-order valence-electron chi connectivity index (χ1n) is 7.18. The van der Waals surface area contributed by atoms with Gasteiger partial charge in [0.1, 0.15) is 17.8 Å². The molecule has 0 spiro atoms. The quantitative estimate of drug-likeness (QED) is 0.205. The second-order valence-electron chi connectivity index (χ2n) is 5.96. The number of imidazole rings is 1. The van der Waals surface area contributed by atoms with Crippen LogP contribution in [0.2, 0.25) is 0 Å². The molecular weight excluding hydrogens is 375 g/mol. The van der Waals surface area contributed by atoms with Gasteiger partial charge in [-0.3, -0.25) is 18.9 Å². The Balaban J connectivity index is 2.01. The fourth-order valence-electron chi connectivity index (χ4n) is 2.74. The Bertz CT molecular complexity index is 936. The van der Waals surface area contributed by atoms with Crippen LogP contribution in [0, 0.1) is 0 Å². The van der Waals surface area contributed by atoms with Gasteiger partial charge in [-0.1, -0.05) is 0 Å². The summed E-state index contributed by atoms with van der Waals surface area (Å²) in [7, 11) is -4.59. The maximum absolute atomic E-state index is 11.8. The number of nitrogens with zero attached hydrogens (tertiary/aromatic N) is 3. The Kier molecular flexibility index (Phi) is 4.41. The number of aromatic amines is 1. The summed E-state index contributed by atoms with van der Waals surface area (Å²) < 4.78 is 21.9. The number of H-pyrrole nitrogens is 1. The summed E-state index contributed by atoms with van der Waals surface area (Å²) in [5.41, 5.74) is 7.49. The molecule has 0 bridgehead atoms. The Morgan fingerprint density at radius 2 is 2.23 bits per heavy atom. The molecule has 15 heteroatoms. The third-order valence-electron chi connectivity index (χ3n) is 3.94. The van der Waals surface area contributed by atoms with Crippen molar-refractivity contribution in [1.29, 1.82) is 0 Å². The maximum atomic E-state index is 11.8. The molecule has 0 radical (unpaired) electrons. The zero-order valence-electron chi connectivity index (χ0n) is 13.3. The van der Waals surface area contributed by atoms with Gasteiger partial charge in [0.2, 0.25) is 5.95 Å². The van der Waals surface area contributed by atoms with E-state index < -0.39 is 43.6 Å². The summed E-state index contributed by atoms with van der Waals surface area (Å²) >= 11 is 0. The number of anilines is 1. The van der Waals surface area contributed by atoms with Crippen LogP contribution >= 0.6 is 7.75 Å². The molecule has 9 N–H and O–H groups in total. The number of aliphatic hydroxyl groups is 3. The minimum atomic E-state index is -4.59. The molecule has 26 heavy (non-hydrogen) atoms. The van der Waals surface area contributed by atoms with Gasteiger partial charge < -0.3 is 30.7 Å². The predicted octanol–water partition coefficient (Wildman–Crippen LogP) is -2.89. The smallest absolute Gasteiger partial charge is 0.387 e. The molecule has 0 aromatic carbocycles. The van der Waals surface area contributed by atoms with E-state index in [1.165, 1.54) is 6.92 Å². The van der Waals surface area contributed by atoms with Gasteiger partial charge in [0.25, 0.3) is 5.56 Å². The largest absolute Gasteiger partial charge is 0.402 e. The Morgan fingerprint density at radius 1 is 1.58 bits per heavy atom. The van der Waals surface area contributed by atoms with Crippen molar-refractivity contribution in [3.63, 3.8) is 0 Å². The highest BCUT2D eigenvalue weighted by molar-refractivity contribution is 7.50. The molecule has 1 saturated heterocycles. The van der Waals surface area contributed by atoms with Crippen molar-refractivity contribution in [2.24, 2.45) is 5.50 Å². The normalized spacial score (nSPS) is 32.6. The molecule has 1 fully saturated rings. The second kappa shape index (κ2) is 6.07. The van der Waals surface area contributed by atoms with E-state index in [1.54, 1.807) is 0 Å². The van der Waals surface area contributed by atoms with Crippen LogP contribution in [0.3, 0.4) is 0 Å². The topological polar surface area (TPSA) is 232 Å². The standard InChI is InChI=1S/C11H17N6O8P/c1-11(21)5(18)4(8(20)25-26(13,22)23)24-9(11)17-2-14-3-6(17)15-10(12)16-7(3)19/h2,4-5,8-9,18,20-21H,1H3,(H3,13,22,23)(H3,12,15,16,19)/t4-,5+,8?,9+,11+/m0/s1. The maximum Gasteiger partial charge on any atom is 0.402 e. The number of nitrogens with one attached hydrogen (secondary N) is 1. The molecule has 0 saturated carbocycles. The van der Waals surface area contributed by atoms with Crippen molar-refractivity contribution in [3.8, 4) is 0 Å². The zero-order valence-corrected chi connectivity index (χ0v) is 14.1. The van der Waals surface area contributed by atoms with E-state index in [9.17, 15) is 24.7 Å². The van der Waals surface area contributed by atoms with Gasteiger partial charge in [-0.15, -0.1) is 0 Å². The Hall–Kier alpha value is -1.90. The predicted molar refractivity (Wildman–Crippen MR) is 84.2 cm³/mol. The number of fused-ring (bicyclic) bond motifs is 1. The number of hydrogen-bond acceptors (Lipinski definition) is 10. The summed E-state index contributed by atoms with van der Waals surface area (Å²) in [5, 5.41) is 30.7.